The first-order chi connectivity index (χ1) is 14.1. The summed E-state index contributed by atoms with van der Waals surface area (Å²) in [6.45, 7) is 0.131. The molecular formula is C21H15BrFN3O2S. The van der Waals surface area contributed by atoms with Gasteiger partial charge in [-0.15, -0.1) is 0 Å². The van der Waals surface area contributed by atoms with Crippen LogP contribution in [0.5, 0.6) is 5.75 Å². The van der Waals surface area contributed by atoms with Gasteiger partial charge in [0.05, 0.1) is 16.8 Å². The number of halogens is 2. The molecule has 29 heavy (non-hydrogen) atoms. The maximum absolute atomic E-state index is 13.1. The van der Waals surface area contributed by atoms with E-state index in [1.165, 1.54) is 35.6 Å². The molecule has 4 aromatic rings. The first-order valence-corrected chi connectivity index (χ1v) is 10.3. The molecule has 5 nitrogen and oxygen atoms in total. The molecule has 0 saturated carbocycles. The Morgan fingerprint density at radius 2 is 2.00 bits per heavy atom. The van der Waals surface area contributed by atoms with Crippen molar-refractivity contribution in [3.8, 4) is 5.75 Å². The molecule has 0 spiro atoms. The third kappa shape index (κ3) is 4.78. The van der Waals surface area contributed by atoms with Crippen molar-refractivity contribution in [3.63, 3.8) is 0 Å². The minimum atomic E-state index is -0.359. The largest absolute Gasteiger partial charge is 0.484 e. The molecule has 2 heterocycles. The monoisotopic (exact) mass is 471 g/mol. The molecule has 0 aliphatic rings. The predicted octanol–water partition coefficient (Wildman–Crippen LogP) is 5.21. The molecule has 146 valence electrons. The number of benzene rings is 2. The standard InChI is InChI=1S/C21H15BrFN3O2S/c22-15-3-8-18-19(10-15)29-21(25-18)26(12-14-2-1-9-24-11-14)20(27)13-28-17-6-4-16(23)5-7-17/h1-11H,12-13H2. The van der Waals surface area contributed by atoms with Crippen molar-refractivity contribution in [1.82, 2.24) is 9.97 Å². The average Bonchev–Trinajstić information content (AvgIpc) is 3.15. The van der Waals surface area contributed by atoms with Crippen molar-refractivity contribution < 1.29 is 13.9 Å². The fourth-order valence-electron chi connectivity index (χ4n) is 2.69. The molecule has 0 unspecified atom stereocenters. The Bertz CT molecular complexity index is 1140. The fourth-order valence-corrected chi connectivity index (χ4v) is 4.23. The molecule has 0 aliphatic heterocycles. The van der Waals surface area contributed by atoms with Gasteiger partial charge in [-0.05, 0) is 54.1 Å². The van der Waals surface area contributed by atoms with Gasteiger partial charge < -0.3 is 4.74 Å². The quantitative estimate of drug-likeness (QED) is 0.387. The lowest BCUT2D eigenvalue weighted by molar-refractivity contribution is -0.120. The smallest absolute Gasteiger partial charge is 0.267 e. The molecule has 0 bridgehead atoms. The Morgan fingerprint density at radius 3 is 2.76 bits per heavy atom. The Kier molecular flexibility index (Phi) is 5.82. The van der Waals surface area contributed by atoms with E-state index in [1.807, 2.05) is 30.3 Å². The van der Waals surface area contributed by atoms with E-state index < -0.39 is 0 Å². The van der Waals surface area contributed by atoms with Crippen LogP contribution in [0.3, 0.4) is 0 Å². The molecule has 8 heteroatoms. The van der Waals surface area contributed by atoms with Crippen molar-refractivity contribution in [3.05, 3.63) is 82.8 Å². The molecular weight excluding hydrogens is 457 g/mol. The van der Waals surface area contributed by atoms with Crippen LogP contribution in [-0.4, -0.2) is 22.5 Å². The predicted molar refractivity (Wildman–Crippen MR) is 115 cm³/mol. The van der Waals surface area contributed by atoms with E-state index in [0.29, 0.717) is 17.4 Å². The summed E-state index contributed by atoms with van der Waals surface area (Å²) in [4.78, 5) is 23.3. The molecule has 2 aromatic heterocycles. The highest BCUT2D eigenvalue weighted by atomic mass is 79.9. The third-order valence-electron chi connectivity index (χ3n) is 4.11. The Morgan fingerprint density at radius 1 is 1.17 bits per heavy atom. The van der Waals surface area contributed by atoms with E-state index in [9.17, 15) is 9.18 Å². The third-order valence-corrected chi connectivity index (χ3v) is 5.64. The van der Waals surface area contributed by atoms with Crippen LogP contribution in [0.25, 0.3) is 10.2 Å². The summed E-state index contributed by atoms with van der Waals surface area (Å²) < 4.78 is 20.5. The zero-order chi connectivity index (χ0) is 20.2. The van der Waals surface area contributed by atoms with E-state index in [-0.39, 0.29) is 18.3 Å². The summed E-state index contributed by atoms with van der Waals surface area (Å²) in [6.07, 6.45) is 3.40. The number of nitrogens with zero attached hydrogens (tertiary/aromatic N) is 3. The van der Waals surface area contributed by atoms with Gasteiger partial charge in [0, 0.05) is 16.9 Å². The minimum Gasteiger partial charge on any atom is -0.484 e. The van der Waals surface area contributed by atoms with Crippen LogP contribution in [0.2, 0.25) is 0 Å². The van der Waals surface area contributed by atoms with E-state index in [4.69, 9.17) is 4.74 Å². The van der Waals surface area contributed by atoms with Crippen molar-refractivity contribution in [2.24, 2.45) is 0 Å². The van der Waals surface area contributed by atoms with E-state index in [1.54, 1.807) is 17.3 Å². The summed E-state index contributed by atoms with van der Waals surface area (Å²) >= 11 is 4.89. The number of hydrogen-bond donors (Lipinski definition) is 0. The van der Waals surface area contributed by atoms with Gasteiger partial charge >= 0.3 is 0 Å². The highest BCUT2D eigenvalue weighted by Gasteiger charge is 2.21. The number of ether oxygens (including phenoxy) is 1. The molecule has 4 rings (SSSR count). The van der Waals surface area contributed by atoms with Gasteiger partial charge in [-0.3, -0.25) is 14.7 Å². The number of thiazole rings is 1. The summed E-state index contributed by atoms with van der Waals surface area (Å²) in [7, 11) is 0. The van der Waals surface area contributed by atoms with Crippen molar-refractivity contribution >= 4 is 48.5 Å². The Balaban J connectivity index is 1.59. The number of hydrogen-bond acceptors (Lipinski definition) is 5. The van der Waals surface area contributed by atoms with E-state index >= 15 is 0 Å². The van der Waals surface area contributed by atoms with Gasteiger partial charge in [0.1, 0.15) is 11.6 Å². The first-order valence-electron chi connectivity index (χ1n) is 8.72. The first kappa shape index (κ1) is 19.5. The molecule has 1 amide bonds. The number of carbonyl (C=O) groups is 1. The van der Waals surface area contributed by atoms with Crippen LogP contribution in [0.1, 0.15) is 5.56 Å². The molecule has 0 fully saturated rings. The lowest BCUT2D eigenvalue weighted by Gasteiger charge is -2.20. The zero-order valence-electron chi connectivity index (χ0n) is 15.1. The highest BCUT2D eigenvalue weighted by Crippen LogP contribution is 2.31. The van der Waals surface area contributed by atoms with Gasteiger partial charge in [-0.2, -0.15) is 0 Å². The van der Waals surface area contributed by atoms with Crippen LogP contribution < -0.4 is 9.64 Å². The van der Waals surface area contributed by atoms with Crippen molar-refractivity contribution in [2.75, 3.05) is 11.5 Å². The molecule has 0 N–H and O–H groups in total. The normalized spacial score (nSPS) is 10.8. The van der Waals surface area contributed by atoms with Crippen molar-refractivity contribution in [2.45, 2.75) is 6.54 Å². The Labute approximate surface area is 178 Å². The number of pyridine rings is 1. The molecule has 0 aliphatic carbocycles. The summed E-state index contributed by atoms with van der Waals surface area (Å²) in [6, 6.07) is 15.1. The molecule has 2 aromatic carbocycles. The lowest BCUT2D eigenvalue weighted by Crippen LogP contribution is -2.34. The van der Waals surface area contributed by atoms with Gasteiger partial charge in [0.15, 0.2) is 11.7 Å². The minimum absolute atomic E-state index is 0.189. The van der Waals surface area contributed by atoms with Crippen LogP contribution in [0.15, 0.2) is 71.5 Å². The van der Waals surface area contributed by atoms with Crippen molar-refractivity contribution in [1.29, 1.82) is 0 Å². The second-order valence-electron chi connectivity index (χ2n) is 6.19. The highest BCUT2D eigenvalue weighted by molar-refractivity contribution is 9.10. The number of aromatic nitrogens is 2. The number of carbonyl (C=O) groups excluding carboxylic acids is 1. The van der Waals surface area contributed by atoms with Crippen LogP contribution >= 0.6 is 27.3 Å². The summed E-state index contributed by atoms with van der Waals surface area (Å²) in [5, 5.41) is 0.578. The number of amides is 1. The SMILES string of the molecule is O=C(COc1ccc(F)cc1)N(Cc1cccnc1)c1nc2ccc(Br)cc2s1. The zero-order valence-corrected chi connectivity index (χ0v) is 17.5. The van der Waals surface area contributed by atoms with Crippen LogP contribution in [-0.2, 0) is 11.3 Å². The fraction of sp³-hybridized carbons (Fsp3) is 0.0952. The maximum Gasteiger partial charge on any atom is 0.267 e. The van der Waals surface area contributed by atoms with Gasteiger partial charge in [0.2, 0.25) is 0 Å². The maximum atomic E-state index is 13.1. The number of rotatable bonds is 6. The Hall–Kier alpha value is -2.84. The molecule has 0 radical (unpaired) electrons. The van der Waals surface area contributed by atoms with Crippen LogP contribution in [0.4, 0.5) is 9.52 Å². The summed E-state index contributed by atoms with van der Waals surface area (Å²) in [5.74, 6) is -0.187. The lowest BCUT2D eigenvalue weighted by atomic mass is 10.2. The van der Waals surface area contributed by atoms with E-state index in [2.05, 4.69) is 25.9 Å². The molecule has 0 saturated heterocycles. The van der Waals surface area contributed by atoms with Gasteiger partial charge in [0.25, 0.3) is 5.91 Å². The van der Waals surface area contributed by atoms with Gasteiger partial charge in [-0.1, -0.05) is 33.3 Å². The average molecular weight is 472 g/mol. The second kappa shape index (κ2) is 8.67. The second-order valence-corrected chi connectivity index (χ2v) is 8.12. The number of fused-ring (bicyclic) bond motifs is 1. The topological polar surface area (TPSA) is 55.3 Å². The van der Waals surface area contributed by atoms with Crippen LogP contribution in [0, 0.1) is 5.82 Å². The van der Waals surface area contributed by atoms with E-state index in [0.717, 1.165) is 20.3 Å². The molecule has 0 atom stereocenters. The number of anilines is 1. The summed E-state index contributed by atoms with van der Waals surface area (Å²) in [5.41, 5.74) is 1.69. The van der Waals surface area contributed by atoms with Gasteiger partial charge in [-0.25, -0.2) is 9.37 Å².